The smallest absolute Gasteiger partial charge is 0.0363 e. The van der Waals surface area contributed by atoms with Crippen molar-refractivity contribution in [3.8, 4) is 0 Å². The third kappa shape index (κ3) is 3.00. The molecule has 0 fully saturated rings. The maximum atomic E-state index is 5.93. The van der Waals surface area contributed by atoms with Crippen LogP contribution in [0.3, 0.4) is 0 Å². The van der Waals surface area contributed by atoms with Gasteiger partial charge in [0.15, 0.2) is 0 Å². The molecule has 2 aromatic carbocycles. The third-order valence-electron chi connectivity index (χ3n) is 2.97. The number of rotatable bonds is 4. The molecule has 2 N–H and O–H groups in total. The van der Waals surface area contributed by atoms with Crippen molar-refractivity contribution in [2.75, 3.05) is 24.2 Å². The van der Waals surface area contributed by atoms with E-state index in [2.05, 4.69) is 42.3 Å². The van der Waals surface area contributed by atoms with Crippen LogP contribution in [0.15, 0.2) is 54.6 Å². The lowest BCUT2D eigenvalue weighted by molar-refractivity contribution is 0.878. The van der Waals surface area contributed by atoms with E-state index in [-0.39, 0.29) is 0 Å². The van der Waals surface area contributed by atoms with Crippen LogP contribution in [-0.2, 0) is 6.42 Å². The van der Waals surface area contributed by atoms with Gasteiger partial charge in [0, 0.05) is 25.0 Å². The van der Waals surface area contributed by atoms with E-state index in [4.69, 9.17) is 5.73 Å². The van der Waals surface area contributed by atoms with E-state index >= 15 is 0 Å². The van der Waals surface area contributed by atoms with Crippen LogP contribution in [0.4, 0.5) is 11.4 Å². The number of para-hydroxylation sites is 2. The van der Waals surface area contributed by atoms with Gasteiger partial charge in [-0.25, -0.2) is 0 Å². The summed E-state index contributed by atoms with van der Waals surface area (Å²) in [5, 5.41) is 0. The Balaban J connectivity index is 1.97. The average molecular weight is 226 g/mol. The fourth-order valence-electron chi connectivity index (χ4n) is 1.86. The number of hydrogen-bond donors (Lipinski definition) is 1. The summed E-state index contributed by atoms with van der Waals surface area (Å²) in [6.45, 7) is 0.970. The molecule has 0 radical (unpaired) electrons. The lowest BCUT2D eigenvalue weighted by atomic mass is 10.1. The second-order valence-corrected chi connectivity index (χ2v) is 4.21. The molecule has 0 aliphatic carbocycles. The normalized spacial score (nSPS) is 10.2. The van der Waals surface area contributed by atoms with E-state index in [1.54, 1.807) is 0 Å². The Bertz CT molecular complexity index is 465. The average Bonchev–Trinajstić information content (AvgIpc) is 2.38. The molecular weight excluding hydrogens is 208 g/mol. The Morgan fingerprint density at radius 3 is 2.29 bits per heavy atom. The van der Waals surface area contributed by atoms with Crippen LogP contribution in [-0.4, -0.2) is 13.6 Å². The van der Waals surface area contributed by atoms with Gasteiger partial charge in [0.05, 0.1) is 0 Å². The SMILES string of the molecule is CN(CCc1ccccc1N)c1ccccc1. The molecule has 2 rings (SSSR count). The van der Waals surface area contributed by atoms with Crippen LogP contribution in [0.2, 0.25) is 0 Å². The first-order valence-corrected chi connectivity index (χ1v) is 5.87. The topological polar surface area (TPSA) is 29.3 Å². The molecule has 0 unspecified atom stereocenters. The molecule has 0 aliphatic heterocycles. The van der Waals surface area contributed by atoms with Crippen molar-refractivity contribution in [3.63, 3.8) is 0 Å². The summed E-state index contributed by atoms with van der Waals surface area (Å²) in [7, 11) is 2.11. The highest BCUT2D eigenvalue weighted by Gasteiger charge is 2.02. The van der Waals surface area contributed by atoms with Crippen molar-refractivity contribution in [2.45, 2.75) is 6.42 Å². The maximum absolute atomic E-state index is 5.93. The van der Waals surface area contributed by atoms with Crippen molar-refractivity contribution >= 4 is 11.4 Å². The summed E-state index contributed by atoms with van der Waals surface area (Å²) < 4.78 is 0. The Kier molecular flexibility index (Phi) is 3.66. The van der Waals surface area contributed by atoms with E-state index in [1.807, 2.05) is 24.3 Å². The molecule has 2 heteroatoms. The quantitative estimate of drug-likeness (QED) is 0.812. The summed E-state index contributed by atoms with van der Waals surface area (Å²) in [5.74, 6) is 0. The highest BCUT2D eigenvalue weighted by molar-refractivity contribution is 5.48. The van der Waals surface area contributed by atoms with E-state index in [0.29, 0.717) is 0 Å². The number of nitrogens with two attached hydrogens (primary N) is 1. The number of likely N-dealkylation sites (N-methyl/N-ethyl adjacent to an activating group) is 1. The molecule has 88 valence electrons. The van der Waals surface area contributed by atoms with Gasteiger partial charge in [0.1, 0.15) is 0 Å². The molecule has 0 spiro atoms. The zero-order valence-corrected chi connectivity index (χ0v) is 10.1. The zero-order valence-electron chi connectivity index (χ0n) is 10.1. The molecule has 0 amide bonds. The number of benzene rings is 2. The summed E-state index contributed by atoms with van der Waals surface area (Å²) in [6, 6.07) is 18.4. The second kappa shape index (κ2) is 5.39. The van der Waals surface area contributed by atoms with Crippen LogP contribution >= 0.6 is 0 Å². The van der Waals surface area contributed by atoms with Crippen molar-refractivity contribution in [2.24, 2.45) is 0 Å². The fraction of sp³-hybridized carbons (Fsp3) is 0.200. The van der Waals surface area contributed by atoms with Gasteiger partial charge in [0.25, 0.3) is 0 Å². The predicted octanol–water partition coefficient (Wildman–Crippen LogP) is 2.95. The number of hydrogen-bond acceptors (Lipinski definition) is 2. The number of nitrogen functional groups attached to an aromatic ring is 1. The minimum absolute atomic E-state index is 0.883. The van der Waals surface area contributed by atoms with Gasteiger partial charge in [-0.2, -0.15) is 0 Å². The standard InChI is InChI=1S/C15H18N2/c1-17(14-8-3-2-4-9-14)12-11-13-7-5-6-10-15(13)16/h2-10H,11-12,16H2,1H3. The molecule has 0 aliphatic rings. The molecular formula is C15H18N2. The van der Waals surface area contributed by atoms with Crippen LogP contribution in [0.1, 0.15) is 5.56 Å². The summed E-state index contributed by atoms with van der Waals surface area (Å²) in [4.78, 5) is 2.24. The Hall–Kier alpha value is -1.96. The second-order valence-electron chi connectivity index (χ2n) is 4.21. The summed E-state index contributed by atoms with van der Waals surface area (Å²) in [5.41, 5.74) is 9.27. The highest BCUT2D eigenvalue weighted by Crippen LogP contribution is 2.15. The molecule has 2 aromatic rings. The number of anilines is 2. The Labute approximate surface area is 103 Å². The summed E-state index contributed by atoms with van der Waals surface area (Å²) >= 11 is 0. The molecule has 17 heavy (non-hydrogen) atoms. The van der Waals surface area contributed by atoms with Gasteiger partial charge in [-0.3, -0.25) is 0 Å². The van der Waals surface area contributed by atoms with E-state index in [1.165, 1.54) is 11.3 Å². The van der Waals surface area contributed by atoms with Crippen LogP contribution in [0.5, 0.6) is 0 Å². The minimum atomic E-state index is 0.883. The minimum Gasteiger partial charge on any atom is -0.399 e. The first kappa shape index (κ1) is 11.5. The van der Waals surface area contributed by atoms with E-state index in [0.717, 1.165) is 18.7 Å². The first-order valence-electron chi connectivity index (χ1n) is 5.87. The van der Waals surface area contributed by atoms with Crippen LogP contribution in [0.25, 0.3) is 0 Å². The predicted molar refractivity (Wildman–Crippen MR) is 74.3 cm³/mol. The molecule has 0 bridgehead atoms. The van der Waals surface area contributed by atoms with Gasteiger partial charge in [-0.15, -0.1) is 0 Å². The lowest BCUT2D eigenvalue weighted by Crippen LogP contribution is -2.20. The third-order valence-corrected chi connectivity index (χ3v) is 2.97. The van der Waals surface area contributed by atoms with Crippen molar-refractivity contribution in [1.29, 1.82) is 0 Å². The van der Waals surface area contributed by atoms with Crippen LogP contribution < -0.4 is 10.6 Å². The van der Waals surface area contributed by atoms with Crippen molar-refractivity contribution in [1.82, 2.24) is 0 Å². The number of nitrogens with zero attached hydrogens (tertiary/aromatic N) is 1. The molecule has 0 atom stereocenters. The molecule has 0 aromatic heterocycles. The Morgan fingerprint density at radius 1 is 0.941 bits per heavy atom. The Morgan fingerprint density at radius 2 is 1.59 bits per heavy atom. The highest BCUT2D eigenvalue weighted by atomic mass is 15.1. The first-order chi connectivity index (χ1) is 8.27. The van der Waals surface area contributed by atoms with Crippen molar-refractivity contribution < 1.29 is 0 Å². The molecule has 2 nitrogen and oxygen atoms in total. The fourth-order valence-corrected chi connectivity index (χ4v) is 1.86. The zero-order chi connectivity index (χ0) is 12.1. The van der Waals surface area contributed by atoms with Crippen molar-refractivity contribution in [3.05, 3.63) is 60.2 Å². The van der Waals surface area contributed by atoms with Gasteiger partial charge in [-0.05, 0) is 30.2 Å². The lowest BCUT2D eigenvalue weighted by Gasteiger charge is -2.19. The maximum Gasteiger partial charge on any atom is 0.0363 e. The molecule has 0 saturated carbocycles. The monoisotopic (exact) mass is 226 g/mol. The van der Waals surface area contributed by atoms with Gasteiger partial charge < -0.3 is 10.6 Å². The van der Waals surface area contributed by atoms with E-state index in [9.17, 15) is 0 Å². The molecule has 0 heterocycles. The van der Waals surface area contributed by atoms with E-state index < -0.39 is 0 Å². The largest absolute Gasteiger partial charge is 0.399 e. The van der Waals surface area contributed by atoms with Crippen LogP contribution in [0, 0.1) is 0 Å². The molecule has 0 saturated heterocycles. The van der Waals surface area contributed by atoms with Gasteiger partial charge in [-0.1, -0.05) is 36.4 Å². The van der Waals surface area contributed by atoms with Gasteiger partial charge >= 0.3 is 0 Å². The summed E-state index contributed by atoms with van der Waals surface area (Å²) in [6.07, 6.45) is 0.970. The van der Waals surface area contributed by atoms with Gasteiger partial charge in [0.2, 0.25) is 0 Å².